The van der Waals surface area contributed by atoms with Crippen molar-refractivity contribution >= 4 is 0 Å². The molecule has 0 saturated carbocycles. The molecule has 1 N–H and O–H groups in total. The third-order valence-corrected chi connectivity index (χ3v) is 3.15. The largest absolute Gasteiger partial charge is 0.411 e. The molecule has 0 aliphatic heterocycles. The standard InChI is InChI=1S/C16H24F3NO/c1-13(2)20-11-15(14-7-4-3-5-8-14)9-6-10-21-12-16(17,18)19/h3-5,7-8,13,15,20H,6,9-12H2,1-2H3. The SMILES string of the molecule is CC(C)NCC(CCCOCC(F)(F)F)c1ccccc1. The minimum absolute atomic E-state index is 0.143. The van der Waals surface area contributed by atoms with Crippen molar-refractivity contribution in [2.24, 2.45) is 0 Å². The van der Waals surface area contributed by atoms with Crippen LogP contribution < -0.4 is 5.32 Å². The number of alkyl halides is 3. The Balaban J connectivity index is 2.39. The van der Waals surface area contributed by atoms with Crippen molar-refractivity contribution in [2.45, 2.75) is 44.8 Å². The molecule has 0 aromatic heterocycles. The smallest absolute Gasteiger partial charge is 0.372 e. The zero-order valence-corrected chi connectivity index (χ0v) is 12.6. The highest BCUT2D eigenvalue weighted by Gasteiger charge is 2.27. The molecule has 2 nitrogen and oxygen atoms in total. The first kappa shape index (κ1) is 18.0. The van der Waals surface area contributed by atoms with E-state index in [1.54, 1.807) is 0 Å². The van der Waals surface area contributed by atoms with E-state index in [9.17, 15) is 13.2 Å². The van der Waals surface area contributed by atoms with Gasteiger partial charge in [-0.15, -0.1) is 0 Å². The van der Waals surface area contributed by atoms with Crippen molar-refractivity contribution in [3.05, 3.63) is 35.9 Å². The van der Waals surface area contributed by atoms with Crippen LogP contribution in [0.2, 0.25) is 0 Å². The van der Waals surface area contributed by atoms with Gasteiger partial charge in [-0.25, -0.2) is 0 Å². The molecule has 21 heavy (non-hydrogen) atoms. The first-order chi connectivity index (χ1) is 9.88. The first-order valence-electron chi connectivity index (χ1n) is 7.31. The zero-order valence-electron chi connectivity index (χ0n) is 12.6. The van der Waals surface area contributed by atoms with Gasteiger partial charge in [0.25, 0.3) is 0 Å². The van der Waals surface area contributed by atoms with E-state index in [0.717, 1.165) is 13.0 Å². The quantitative estimate of drug-likeness (QED) is 0.693. The van der Waals surface area contributed by atoms with E-state index in [0.29, 0.717) is 18.4 Å². The molecule has 0 spiro atoms. The molecule has 0 fully saturated rings. The molecule has 0 aliphatic carbocycles. The lowest BCUT2D eigenvalue weighted by molar-refractivity contribution is -0.174. The van der Waals surface area contributed by atoms with Crippen molar-refractivity contribution in [3.63, 3.8) is 0 Å². The fourth-order valence-corrected chi connectivity index (χ4v) is 2.11. The van der Waals surface area contributed by atoms with Crippen molar-refractivity contribution in [1.82, 2.24) is 5.32 Å². The van der Waals surface area contributed by atoms with Gasteiger partial charge in [0.15, 0.2) is 0 Å². The summed E-state index contributed by atoms with van der Waals surface area (Å²) in [5.74, 6) is 0.295. The van der Waals surface area contributed by atoms with Crippen LogP contribution in [0.5, 0.6) is 0 Å². The van der Waals surface area contributed by atoms with Gasteiger partial charge < -0.3 is 10.1 Å². The van der Waals surface area contributed by atoms with Gasteiger partial charge in [-0.05, 0) is 24.3 Å². The summed E-state index contributed by atoms with van der Waals surface area (Å²) in [5, 5.41) is 3.39. The average Bonchev–Trinajstić information content (AvgIpc) is 2.41. The number of nitrogens with one attached hydrogen (secondary N) is 1. The van der Waals surface area contributed by atoms with Gasteiger partial charge in [0.2, 0.25) is 0 Å². The highest BCUT2D eigenvalue weighted by Crippen LogP contribution is 2.21. The van der Waals surface area contributed by atoms with E-state index in [1.165, 1.54) is 5.56 Å². The van der Waals surface area contributed by atoms with Crippen molar-refractivity contribution in [1.29, 1.82) is 0 Å². The monoisotopic (exact) mass is 303 g/mol. The predicted molar refractivity (Wildman–Crippen MR) is 78.4 cm³/mol. The van der Waals surface area contributed by atoms with Crippen molar-refractivity contribution in [3.8, 4) is 0 Å². The third kappa shape index (κ3) is 8.73. The van der Waals surface area contributed by atoms with E-state index in [1.807, 2.05) is 18.2 Å². The van der Waals surface area contributed by atoms with Gasteiger partial charge >= 0.3 is 6.18 Å². The third-order valence-electron chi connectivity index (χ3n) is 3.15. The molecule has 0 radical (unpaired) electrons. The Morgan fingerprint density at radius 3 is 2.38 bits per heavy atom. The highest BCUT2D eigenvalue weighted by molar-refractivity contribution is 5.19. The van der Waals surface area contributed by atoms with Crippen LogP contribution in [-0.4, -0.2) is 32.0 Å². The molecule has 0 bridgehead atoms. The summed E-state index contributed by atoms with van der Waals surface area (Å²) < 4.78 is 40.6. The summed E-state index contributed by atoms with van der Waals surface area (Å²) in [5.41, 5.74) is 1.21. The van der Waals surface area contributed by atoms with E-state index < -0.39 is 12.8 Å². The Labute approximate surface area is 124 Å². The Hall–Kier alpha value is -1.07. The maximum absolute atomic E-state index is 12.0. The van der Waals surface area contributed by atoms with Crippen molar-refractivity contribution < 1.29 is 17.9 Å². The van der Waals surface area contributed by atoms with Crippen molar-refractivity contribution in [2.75, 3.05) is 19.8 Å². The molecule has 0 saturated heterocycles. The Bertz CT molecular complexity index is 379. The van der Waals surface area contributed by atoms with Crippen LogP contribution in [0.25, 0.3) is 0 Å². The fourth-order valence-electron chi connectivity index (χ4n) is 2.11. The molecule has 1 aromatic carbocycles. The zero-order chi connectivity index (χ0) is 15.7. The highest BCUT2D eigenvalue weighted by atomic mass is 19.4. The summed E-state index contributed by atoms with van der Waals surface area (Å²) >= 11 is 0. The first-order valence-corrected chi connectivity index (χ1v) is 7.31. The summed E-state index contributed by atoms with van der Waals surface area (Å²) in [6.45, 7) is 3.96. The Morgan fingerprint density at radius 2 is 1.81 bits per heavy atom. The van der Waals surface area contributed by atoms with Crippen LogP contribution in [0, 0.1) is 0 Å². The Morgan fingerprint density at radius 1 is 1.14 bits per heavy atom. The van der Waals surface area contributed by atoms with Gasteiger partial charge in [-0.3, -0.25) is 0 Å². The molecular weight excluding hydrogens is 279 g/mol. The van der Waals surface area contributed by atoms with Crippen LogP contribution in [0.15, 0.2) is 30.3 Å². The van der Waals surface area contributed by atoms with Crippen LogP contribution in [-0.2, 0) is 4.74 Å². The van der Waals surface area contributed by atoms with Crippen LogP contribution in [0.3, 0.4) is 0 Å². The second-order valence-corrected chi connectivity index (χ2v) is 5.48. The van der Waals surface area contributed by atoms with Gasteiger partial charge in [0.1, 0.15) is 6.61 Å². The molecule has 1 aromatic rings. The minimum Gasteiger partial charge on any atom is -0.372 e. The number of hydrogen-bond donors (Lipinski definition) is 1. The summed E-state index contributed by atoms with van der Waals surface area (Å²) in [6.07, 6.45) is -2.81. The van der Waals surface area contributed by atoms with Crippen LogP contribution in [0.1, 0.15) is 38.2 Å². The van der Waals surface area contributed by atoms with E-state index >= 15 is 0 Å². The number of rotatable bonds is 9. The Kier molecular flexibility index (Phi) is 7.75. The normalized spacial score (nSPS) is 13.6. The molecule has 5 heteroatoms. The maximum atomic E-state index is 12.0. The molecule has 0 heterocycles. The van der Waals surface area contributed by atoms with E-state index in [2.05, 4.69) is 36.0 Å². The molecule has 1 rings (SSSR count). The molecule has 1 atom stereocenters. The lowest BCUT2D eigenvalue weighted by Crippen LogP contribution is -2.28. The molecule has 0 amide bonds. The second-order valence-electron chi connectivity index (χ2n) is 5.48. The number of halogens is 3. The van der Waals surface area contributed by atoms with Gasteiger partial charge in [0.05, 0.1) is 0 Å². The second kappa shape index (κ2) is 9.05. The average molecular weight is 303 g/mol. The summed E-state index contributed by atoms with van der Waals surface area (Å²) in [6, 6.07) is 10.4. The molecule has 120 valence electrons. The van der Waals surface area contributed by atoms with Gasteiger partial charge in [-0.2, -0.15) is 13.2 Å². The van der Waals surface area contributed by atoms with Crippen LogP contribution >= 0.6 is 0 Å². The van der Waals surface area contributed by atoms with E-state index in [4.69, 9.17) is 0 Å². The number of ether oxygens (including phenoxy) is 1. The predicted octanol–water partition coefficient (Wildman–Crippen LogP) is 4.13. The molecular formula is C16H24F3NO. The van der Waals surface area contributed by atoms with Gasteiger partial charge in [0, 0.05) is 19.2 Å². The topological polar surface area (TPSA) is 21.3 Å². The fraction of sp³-hybridized carbons (Fsp3) is 0.625. The number of benzene rings is 1. The minimum atomic E-state index is -4.24. The lowest BCUT2D eigenvalue weighted by Gasteiger charge is -2.20. The summed E-state index contributed by atoms with van der Waals surface area (Å²) in [4.78, 5) is 0. The van der Waals surface area contributed by atoms with Crippen LogP contribution in [0.4, 0.5) is 13.2 Å². The lowest BCUT2D eigenvalue weighted by atomic mass is 9.94. The number of hydrogen-bond acceptors (Lipinski definition) is 2. The maximum Gasteiger partial charge on any atom is 0.411 e. The van der Waals surface area contributed by atoms with E-state index in [-0.39, 0.29) is 6.61 Å². The molecule has 1 unspecified atom stereocenters. The summed E-state index contributed by atoms with van der Waals surface area (Å²) in [7, 11) is 0. The molecule has 0 aliphatic rings. The van der Waals surface area contributed by atoms with Gasteiger partial charge in [-0.1, -0.05) is 44.2 Å².